The zero-order valence-corrected chi connectivity index (χ0v) is 15.1. The number of amides is 2. The molecular formula is C22H24N2O2. The number of piperidine rings is 1. The third-order valence-electron chi connectivity index (χ3n) is 5.86. The number of anilines is 1. The highest BCUT2D eigenvalue weighted by atomic mass is 16.2. The van der Waals surface area contributed by atoms with Gasteiger partial charge in [-0.05, 0) is 48.4 Å². The van der Waals surface area contributed by atoms with Gasteiger partial charge in [-0.1, -0.05) is 42.5 Å². The van der Waals surface area contributed by atoms with Gasteiger partial charge in [0.15, 0.2) is 0 Å². The van der Waals surface area contributed by atoms with Crippen molar-refractivity contribution in [3.8, 4) is 0 Å². The molecule has 4 rings (SSSR count). The standard InChI is InChI=1S/C22H24N2O2/c1-16(25)24-12-11-22(14-19(22)15-24)21(26)23-20-9-7-18(8-10-20)13-17-5-3-2-4-6-17/h2-10,19H,11-15H2,1H3,(H,23,26)/t19-,22+/m0/s1. The molecule has 134 valence electrons. The number of carbonyl (C=O) groups excluding carboxylic acids is 2. The third-order valence-corrected chi connectivity index (χ3v) is 5.86. The van der Waals surface area contributed by atoms with Crippen LogP contribution in [0.2, 0.25) is 0 Å². The maximum Gasteiger partial charge on any atom is 0.231 e. The molecule has 2 aromatic carbocycles. The van der Waals surface area contributed by atoms with Crippen LogP contribution in [0.15, 0.2) is 54.6 Å². The molecule has 2 atom stereocenters. The van der Waals surface area contributed by atoms with Crippen LogP contribution in [0.3, 0.4) is 0 Å². The number of fused-ring (bicyclic) bond motifs is 1. The van der Waals surface area contributed by atoms with E-state index < -0.39 is 0 Å². The summed E-state index contributed by atoms with van der Waals surface area (Å²) < 4.78 is 0. The Morgan fingerprint density at radius 2 is 1.77 bits per heavy atom. The Bertz CT molecular complexity index is 816. The molecule has 0 aromatic heterocycles. The number of hydrogen-bond donors (Lipinski definition) is 1. The predicted octanol–water partition coefficient (Wildman–Crippen LogP) is 3.47. The number of likely N-dealkylation sites (tertiary alicyclic amines) is 1. The smallest absolute Gasteiger partial charge is 0.231 e. The van der Waals surface area contributed by atoms with Crippen LogP contribution in [-0.2, 0) is 16.0 Å². The predicted molar refractivity (Wildman–Crippen MR) is 102 cm³/mol. The second-order valence-electron chi connectivity index (χ2n) is 7.59. The average molecular weight is 348 g/mol. The SMILES string of the molecule is CC(=O)N1CC[C@@]2(C(=O)Nc3ccc(Cc4ccccc4)cc3)C[C@H]2C1. The molecule has 26 heavy (non-hydrogen) atoms. The first-order valence-corrected chi connectivity index (χ1v) is 9.27. The van der Waals surface area contributed by atoms with Gasteiger partial charge < -0.3 is 10.2 Å². The molecule has 4 heteroatoms. The molecule has 0 radical (unpaired) electrons. The molecule has 0 spiro atoms. The number of rotatable bonds is 4. The largest absolute Gasteiger partial charge is 0.343 e. The summed E-state index contributed by atoms with van der Waals surface area (Å²) in [6.45, 7) is 3.01. The summed E-state index contributed by atoms with van der Waals surface area (Å²) >= 11 is 0. The summed E-state index contributed by atoms with van der Waals surface area (Å²) in [7, 11) is 0. The van der Waals surface area contributed by atoms with Crippen LogP contribution < -0.4 is 5.32 Å². The van der Waals surface area contributed by atoms with E-state index >= 15 is 0 Å². The van der Waals surface area contributed by atoms with Crippen molar-refractivity contribution in [2.45, 2.75) is 26.2 Å². The molecule has 2 fully saturated rings. The van der Waals surface area contributed by atoms with Crippen molar-refractivity contribution in [3.05, 3.63) is 65.7 Å². The maximum atomic E-state index is 12.8. The minimum atomic E-state index is -0.255. The Labute approximate surface area is 154 Å². The summed E-state index contributed by atoms with van der Waals surface area (Å²) in [6.07, 6.45) is 2.56. The highest BCUT2D eigenvalue weighted by molar-refractivity contribution is 5.98. The fourth-order valence-corrected chi connectivity index (χ4v) is 4.09. The number of nitrogens with one attached hydrogen (secondary N) is 1. The molecule has 1 N–H and O–H groups in total. The molecular weight excluding hydrogens is 324 g/mol. The zero-order chi connectivity index (χ0) is 18.1. The summed E-state index contributed by atoms with van der Waals surface area (Å²) in [6, 6.07) is 18.5. The van der Waals surface area contributed by atoms with E-state index in [0.717, 1.165) is 31.5 Å². The Morgan fingerprint density at radius 1 is 1.08 bits per heavy atom. The Hall–Kier alpha value is -2.62. The van der Waals surface area contributed by atoms with Crippen LogP contribution in [-0.4, -0.2) is 29.8 Å². The van der Waals surface area contributed by atoms with Crippen LogP contribution in [0.25, 0.3) is 0 Å². The summed E-state index contributed by atoms with van der Waals surface area (Å²) in [5.41, 5.74) is 3.10. The highest BCUT2D eigenvalue weighted by Gasteiger charge is 2.61. The van der Waals surface area contributed by atoms with Crippen molar-refractivity contribution < 1.29 is 9.59 Å². The fourth-order valence-electron chi connectivity index (χ4n) is 4.09. The van der Waals surface area contributed by atoms with Gasteiger partial charge in [-0.2, -0.15) is 0 Å². The van der Waals surface area contributed by atoms with Gasteiger partial charge in [0.05, 0.1) is 5.41 Å². The normalized spacial score (nSPS) is 23.9. The van der Waals surface area contributed by atoms with Gasteiger partial charge in [0, 0.05) is 25.7 Å². The van der Waals surface area contributed by atoms with Crippen LogP contribution in [0.5, 0.6) is 0 Å². The molecule has 1 heterocycles. The monoisotopic (exact) mass is 348 g/mol. The maximum absolute atomic E-state index is 12.8. The molecule has 0 unspecified atom stereocenters. The van der Waals surface area contributed by atoms with Gasteiger partial charge in [-0.25, -0.2) is 0 Å². The molecule has 4 nitrogen and oxygen atoms in total. The van der Waals surface area contributed by atoms with Gasteiger partial charge in [0.1, 0.15) is 0 Å². The summed E-state index contributed by atoms with van der Waals surface area (Å²) in [5.74, 6) is 0.541. The van der Waals surface area contributed by atoms with Gasteiger partial charge in [0.25, 0.3) is 0 Å². The number of nitrogens with zero attached hydrogens (tertiary/aromatic N) is 1. The van der Waals surface area contributed by atoms with E-state index in [1.54, 1.807) is 6.92 Å². The Morgan fingerprint density at radius 3 is 2.42 bits per heavy atom. The zero-order valence-electron chi connectivity index (χ0n) is 15.1. The van der Waals surface area contributed by atoms with Crippen LogP contribution in [0.1, 0.15) is 30.9 Å². The van der Waals surface area contributed by atoms with Gasteiger partial charge in [0.2, 0.25) is 11.8 Å². The van der Waals surface area contributed by atoms with E-state index in [0.29, 0.717) is 12.5 Å². The lowest BCUT2D eigenvalue weighted by atomic mass is 9.94. The lowest BCUT2D eigenvalue weighted by Crippen LogP contribution is -2.41. The first-order valence-electron chi connectivity index (χ1n) is 9.27. The van der Waals surface area contributed by atoms with Gasteiger partial charge in [-0.15, -0.1) is 0 Å². The molecule has 1 saturated heterocycles. The first-order chi connectivity index (χ1) is 12.6. The topological polar surface area (TPSA) is 49.4 Å². The van der Waals surface area contributed by atoms with Crippen LogP contribution in [0.4, 0.5) is 5.69 Å². The van der Waals surface area contributed by atoms with Crippen molar-refractivity contribution in [1.82, 2.24) is 4.90 Å². The molecule has 1 saturated carbocycles. The van der Waals surface area contributed by atoms with Crippen LogP contribution in [0, 0.1) is 11.3 Å². The fraction of sp³-hybridized carbons (Fsp3) is 0.364. The summed E-state index contributed by atoms with van der Waals surface area (Å²) in [5, 5.41) is 3.09. The minimum Gasteiger partial charge on any atom is -0.343 e. The quantitative estimate of drug-likeness (QED) is 0.920. The van der Waals surface area contributed by atoms with E-state index in [1.807, 2.05) is 35.2 Å². The first kappa shape index (κ1) is 16.8. The van der Waals surface area contributed by atoms with E-state index in [9.17, 15) is 9.59 Å². The second kappa shape index (κ2) is 6.60. The van der Waals surface area contributed by atoms with E-state index in [2.05, 4.69) is 29.6 Å². The number of benzene rings is 2. The Balaban J connectivity index is 1.36. The molecule has 2 aliphatic rings. The second-order valence-corrected chi connectivity index (χ2v) is 7.59. The third kappa shape index (κ3) is 3.24. The molecule has 0 bridgehead atoms. The lowest BCUT2D eigenvalue weighted by molar-refractivity contribution is -0.132. The van der Waals surface area contributed by atoms with Crippen molar-refractivity contribution in [2.75, 3.05) is 18.4 Å². The van der Waals surface area contributed by atoms with E-state index in [-0.39, 0.29) is 17.2 Å². The van der Waals surface area contributed by atoms with Crippen molar-refractivity contribution >= 4 is 17.5 Å². The molecule has 2 amide bonds. The average Bonchev–Trinajstić information content (AvgIpc) is 3.39. The van der Waals surface area contributed by atoms with Gasteiger partial charge >= 0.3 is 0 Å². The molecule has 2 aromatic rings. The van der Waals surface area contributed by atoms with Crippen LogP contribution >= 0.6 is 0 Å². The van der Waals surface area contributed by atoms with Crippen molar-refractivity contribution in [2.24, 2.45) is 11.3 Å². The van der Waals surface area contributed by atoms with E-state index in [1.165, 1.54) is 11.1 Å². The van der Waals surface area contributed by atoms with Crippen molar-refractivity contribution in [1.29, 1.82) is 0 Å². The molecule has 1 aliphatic heterocycles. The number of carbonyl (C=O) groups is 2. The molecule has 1 aliphatic carbocycles. The number of hydrogen-bond acceptors (Lipinski definition) is 2. The van der Waals surface area contributed by atoms with E-state index in [4.69, 9.17) is 0 Å². The Kier molecular flexibility index (Phi) is 4.27. The lowest BCUT2D eigenvalue weighted by Gasteiger charge is -2.30. The summed E-state index contributed by atoms with van der Waals surface area (Å²) in [4.78, 5) is 26.1. The van der Waals surface area contributed by atoms with Gasteiger partial charge in [-0.3, -0.25) is 9.59 Å². The van der Waals surface area contributed by atoms with Crippen molar-refractivity contribution in [3.63, 3.8) is 0 Å². The minimum absolute atomic E-state index is 0.111. The highest BCUT2D eigenvalue weighted by Crippen LogP contribution is 2.58.